The Balaban J connectivity index is 1.92. The van der Waals surface area contributed by atoms with Gasteiger partial charge in [-0.05, 0) is 30.7 Å². The van der Waals surface area contributed by atoms with E-state index in [4.69, 9.17) is 4.74 Å². The predicted octanol–water partition coefficient (Wildman–Crippen LogP) is 4.34. The lowest BCUT2D eigenvalue weighted by atomic mass is 10.3. The maximum absolute atomic E-state index is 12.3. The summed E-state index contributed by atoms with van der Waals surface area (Å²) in [5.74, 6) is 1.03. The van der Waals surface area contributed by atoms with E-state index >= 15 is 0 Å². The van der Waals surface area contributed by atoms with Gasteiger partial charge in [-0.1, -0.05) is 42.5 Å². The van der Waals surface area contributed by atoms with Crippen molar-refractivity contribution in [3.8, 4) is 5.75 Å². The van der Waals surface area contributed by atoms with Gasteiger partial charge in [0, 0.05) is 11.4 Å². The third-order valence-corrected chi connectivity index (χ3v) is 5.70. The molecular weight excluding hydrogens is 352 g/mol. The first kappa shape index (κ1) is 17.8. The molecule has 0 bridgehead atoms. The number of rotatable bonds is 6. The fourth-order valence-electron chi connectivity index (χ4n) is 2.58. The number of carbonyl (C=O) groups is 1. The summed E-state index contributed by atoms with van der Waals surface area (Å²) in [4.78, 5) is 18.5. The highest BCUT2D eigenvalue weighted by Gasteiger charge is 2.11. The number of aryl methyl sites for hydroxylation is 1. The standard InChI is InChI=1S/C19H20N2O2S2/c1-3-12-21-18-15(23-2)10-7-11-16(18)25-19(21)20-17(22)13-24-14-8-5-4-6-9-14/h4-11H,3,12-13H2,1-2H3. The molecule has 2 aromatic carbocycles. The molecule has 0 aliphatic rings. The monoisotopic (exact) mass is 372 g/mol. The Kier molecular flexibility index (Phi) is 5.94. The summed E-state index contributed by atoms with van der Waals surface area (Å²) in [5, 5.41) is 0. The highest BCUT2D eigenvalue weighted by molar-refractivity contribution is 8.00. The Morgan fingerprint density at radius 2 is 2.00 bits per heavy atom. The van der Waals surface area contributed by atoms with Gasteiger partial charge in [0.2, 0.25) is 0 Å². The first-order valence-electron chi connectivity index (χ1n) is 8.14. The summed E-state index contributed by atoms with van der Waals surface area (Å²) in [7, 11) is 1.67. The average molecular weight is 373 g/mol. The van der Waals surface area contributed by atoms with Crippen LogP contribution in [0.1, 0.15) is 13.3 Å². The maximum atomic E-state index is 12.3. The van der Waals surface area contributed by atoms with E-state index in [1.165, 1.54) is 23.1 Å². The molecule has 0 unspecified atom stereocenters. The second-order valence-electron chi connectivity index (χ2n) is 5.45. The first-order valence-corrected chi connectivity index (χ1v) is 9.95. The minimum atomic E-state index is -0.121. The van der Waals surface area contributed by atoms with Crippen LogP contribution in [0.3, 0.4) is 0 Å². The molecule has 0 radical (unpaired) electrons. The summed E-state index contributed by atoms with van der Waals surface area (Å²) in [5.41, 5.74) is 1.01. The Labute approximate surface area is 155 Å². The second-order valence-corrected chi connectivity index (χ2v) is 7.51. The molecule has 1 amide bonds. The third kappa shape index (κ3) is 4.14. The van der Waals surface area contributed by atoms with Gasteiger partial charge in [0.05, 0.1) is 17.6 Å². The Morgan fingerprint density at radius 3 is 2.72 bits per heavy atom. The number of methoxy groups -OCH3 is 1. The SMILES string of the molecule is CCCn1c(=NC(=O)CSc2ccccc2)sc2cccc(OC)c21. The van der Waals surface area contributed by atoms with Crippen LogP contribution in [-0.4, -0.2) is 23.3 Å². The van der Waals surface area contributed by atoms with E-state index < -0.39 is 0 Å². The molecule has 0 N–H and O–H groups in total. The molecule has 0 aliphatic heterocycles. The second kappa shape index (κ2) is 8.36. The Bertz CT molecular complexity index is 929. The predicted molar refractivity (Wildman–Crippen MR) is 104 cm³/mol. The zero-order valence-electron chi connectivity index (χ0n) is 14.3. The van der Waals surface area contributed by atoms with Crippen molar-refractivity contribution in [1.82, 2.24) is 4.57 Å². The highest BCUT2D eigenvalue weighted by Crippen LogP contribution is 2.27. The number of nitrogens with zero attached hydrogens (tertiary/aromatic N) is 2. The minimum Gasteiger partial charge on any atom is -0.495 e. The highest BCUT2D eigenvalue weighted by atomic mass is 32.2. The zero-order valence-corrected chi connectivity index (χ0v) is 15.9. The number of para-hydroxylation sites is 1. The number of aromatic nitrogens is 1. The van der Waals surface area contributed by atoms with E-state index in [1.54, 1.807) is 7.11 Å². The molecule has 3 rings (SSSR count). The number of amides is 1. The Hall–Kier alpha value is -2.05. The van der Waals surface area contributed by atoms with Crippen LogP contribution in [0.5, 0.6) is 5.75 Å². The van der Waals surface area contributed by atoms with Crippen LogP contribution < -0.4 is 9.54 Å². The van der Waals surface area contributed by atoms with Gasteiger partial charge in [-0.2, -0.15) is 4.99 Å². The summed E-state index contributed by atoms with van der Waals surface area (Å²) in [6.07, 6.45) is 0.962. The average Bonchev–Trinajstić information content (AvgIpc) is 2.98. The van der Waals surface area contributed by atoms with Crippen molar-refractivity contribution in [3.63, 3.8) is 0 Å². The van der Waals surface area contributed by atoms with Crippen LogP contribution in [0.4, 0.5) is 0 Å². The third-order valence-electron chi connectivity index (χ3n) is 3.66. The largest absolute Gasteiger partial charge is 0.495 e. The molecular formula is C19H20N2O2S2. The van der Waals surface area contributed by atoms with Crippen LogP contribution in [0, 0.1) is 0 Å². The molecule has 1 aromatic heterocycles. The molecule has 0 saturated heterocycles. The molecule has 6 heteroatoms. The van der Waals surface area contributed by atoms with Crippen LogP contribution >= 0.6 is 23.1 Å². The normalized spacial score (nSPS) is 11.8. The van der Waals surface area contributed by atoms with Crippen LogP contribution in [-0.2, 0) is 11.3 Å². The van der Waals surface area contributed by atoms with Crippen molar-refractivity contribution in [2.75, 3.05) is 12.9 Å². The van der Waals surface area contributed by atoms with Crippen molar-refractivity contribution in [2.45, 2.75) is 24.8 Å². The van der Waals surface area contributed by atoms with E-state index in [1.807, 2.05) is 48.5 Å². The number of hydrogen-bond acceptors (Lipinski definition) is 4. The van der Waals surface area contributed by atoms with E-state index in [0.29, 0.717) is 5.75 Å². The number of fused-ring (bicyclic) bond motifs is 1. The van der Waals surface area contributed by atoms with Gasteiger partial charge in [-0.3, -0.25) is 4.79 Å². The van der Waals surface area contributed by atoms with Gasteiger partial charge < -0.3 is 9.30 Å². The zero-order chi connectivity index (χ0) is 17.6. The van der Waals surface area contributed by atoms with Gasteiger partial charge in [-0.25, -0.2) is 0 Å². The van der Waals surface area contributed by atoms with Gasteiger partial charge in [0.1, 0.15) is 11.3 Å². The smallest absolute Gasteiger partial charge is 0.258 e. The number of thioether (sulfide) groups is 1. The molecule has 0 spiro atoms. The lowest BCUT2D eigenvalue weighted by molar-refractivity contribution is -0.115. The minimum absolute atomic E-state index is 0.121. The van der Waals surface area contributed by atoms with Crippen molar-refractivity contribution in [2.24, 2.45) is 4.99 Å². The van der Waals surface area contributed by atoms with E-state index in [9.17, 15) is 4.79 Å². The summed E-state index contributed by atoms with van der Waals surface area (Å²) < 4.78 is 8.66. The lowest BCUT2D eigenvalue weighted by Crippen LogP contribution is -2.17. The van der Waals surface area contributed by atoms with Crippen molar-refractivity contribution in [3.05, 3.63) is 53.3 Å². The van der Waals surface area contributed by atoms with Gasteiger partial charge in [-0.15, -0.1) is 11.8 Å². The molecule has 25 heavy (non-hydrogen) atoms. The summed E-state index contributed by atoms with van der Waals surface area (Å²) in [6, 6.07) is 15.8. The van der Waals surface area contributed by atoms with Crippen molar-refractivity contribution < 1.29 is 9.53 Å². The molecule has 130 valence electrons. The van der Waals surface area contributed by atoms with Gasteiger partial charge in [0.15, 0.2) is 4.80 Å². The van der Waals surface area contributed by atoms with Gasteiger partial charge >= 0.3 is 0 Å². The molecule has 0 atom stereocenters. The van der Waals surface area contributed by atoms with Gasteiger partial charge in [0.25, 0.3) is 5.91 Å². The number of benzene rings is 2. The fourth-order valence-corrected chi connectivity index (χ4v) is 4.37. The molecule has 0 fully saturated rings. The lowest BCUT2D eigenvalue weighted by Gasteiger charge is -2.07. The topological polar surface area (TPSA) is 43.6 Å². The van der Waals surface area contributed by atoms with E-state index in [2.05, 4.69) is 16.5 Å². The summed E-state index contributed by atoms with van der Waals surface area (Å²) >= 11 is 3.04. The molecule has 4 nitrogen and oxygen atoms in total. The number of carbonyl (C=O) groups excluding carboxylic acids is 1. The molecule has 3 aromatic rings. The molecule has 0 saturated carbocycles. The Morgan fingerprint density at radius 1 is 1.20 bits per heavy atom. The molecule has 1 heterocycles. The van der Waals surface area contributed by atoms with Crippen molar-refractivity contribution >= 4 is 39.2 Å². The van der Waals surface area contributed by atoms with Crippen LogP contribution in [0.15, 0.2) is 58.4 Å². The number of thiazole rings is 1. The maximum Gasteiger partial charge on any atom is 0.258 e. The number of hydrogen-bond donors (Lipinski definition) is 0. The number of ether oxygens (including phenoxy) is 1. The quantitative estimate of drug-likeness (QED) is 0.605. The van der Waals surface area contributed by atoms with E-state index in [-0.39, 0.29) is 5.91 Å². The first-order chi connectivity index (χ1) is 12.2. The van der Waals surface area contributed by atoms with E-state index in [0.717, 1.165) is 38.6 Å². The van der Waals surface area contributed by atoms with Crippen molar-refractivity contribution in [1.29, 1.82) is 0 Å². The molecule has 0 aliphatic carbocycles. The fraction of sp³-hybridized carbons (Fsp3) is 0.263. The van der Waals surface area contributed by atoms with Crippen LogP contribution in [0.25, 0.3) is 10.2 Å². The van der Waals surface area contributed by atoms with Crippen LogP contribution in [0.2, 0.25) is 0 Å². The summed E-state index contributed by atoms with van der Waals surface area (Å²) in [6.45, 7) is 2.92.